The standard InChI is InChI=1S/C18H14N4O2S/c1-20-15(23)5-3-11-7-21-18(19)16-13(9-25-17(11)16)10-2-4-14-12(6-10)8-22-24-14/h2-9H,1H3,(H2,19,21)(H,20,23). The Kier molecular flexibility index (Phi) is 3.70. The molecule has 0 saturated heterocycles. The summed E-state index contributed by atoms with van der Waals surface area (Å²) < 4.78 is 6.15. The molecule has 3 heterocycles. The predicted molar refractivity (Wildman–Crippen MR) is 100 cm³/mol. The highest BCUT2D eigenvalue weighted by molar-refractivity contribution is 7.18. The van der Waals surface area contributed by atoms with Crippen molar-refractivity contribution in [3.8, 4) is 11.1 Å². The molecule has 0 aliphatic carbocycles. The summed E-state index contributed by atoms with van der Waals surface area (Å²) in [4.78, 5) is 15.8. The smallest absolute Gasteiger partial charge is 0.243 e. The Morgan fingerprint density at radius 3 is 3.08 bits per heavy atom. The Morgan fingerprint density at radius 2 is 2.24 bits per heavy atom. The number of hydrogen-bond acceptors (Lipinski definition) is 6. The number of fused-ring (bicyclic) bond motifs is 2. The number of nitrogen functional groups attached to an aromatic ring is 1. The Bertz CT molecular complexity index is 1130. The van der Waals surface area contributed by atoms with E-state index in [-0.39, 0.29) is 5.91 Å². The number of thiophene rings is 1. The first kappa shape index (κ1) is 15.3. The maximum absolute atomic E-state index is 11.5. The van der Waals surface area contributed by atoms with Crippen LogP contribution in [0, 0.1) is 0 Å². The average Bonchev–Trinajstić information content (AvgIpc) is 3.27. The minimum atomic E-state index is -0.167. The number of amides is 1. The number of benzene rings is 1. The van der Waals surface area contributed by atoms with E-state index in [9.17, 15) is 4.79 Å². The maximum atomic E-state index is 11.5. The van der Waals surface area contributed by atoms with Crippen LogP contribution >= 0.6 is 11.3 Å². The number of likely N-dealkylation sites (N-methyl/N-ethyl adjacent to an activating group) is 1. The number of nitrogens with one attached hydrogen (secondary N) is 1. The molecule has 3 N–H and O–H groups in total. The molecule has 124 valence electrons. The minimum Gasteiger partial charge on any atom is -0.383 e. The number of nitrogens with two attached hydrogens (primary N) is 1. The second kappa shape index (κ2) is 6.03. The number of carbonyl (C=O) groups is 1. The van der Waals surface area contributed by atoms with Crippen molar-refractivity contribution in [1.29, 1.82) is 0 Å². The van der Waals surface area contributed by atoms with E-state index in [1.54, 1.807) is 36.9 Å². The van der Waals surface area contributed by atoms with Crippen LogP contribution in [0.3, 0.4) is 0 Å². The largest absolute Gasteiger partial charge is 0.383 e. The van der Waals surface area contributed by atoms with Crippen LogP contribution in [0.5, 0.6) is 0 Å². The van der Waals surface area contributed by atoms with Gasteiger partial charge in [-0.25, -0.2) is 4.98 Å². The molecule has 0 fully saturated rings. The lowest BCUT2D eigenvalue weighted by atomic mass is 10.0. The fourth-order valence-corrected chi connectivity index (χ4v) is 3.79. The van der Waals surface area contributed by atoms with Crippen molar-refractivity contribution >= 4 is 50.2 Å². The summed E-state index contributed by atoms with van der Waals surface area (Å²) in [5.74, 6) is 0.299. The Labute approximate surface area is 146 Å². The molecule has 0 aliphatic rings. The van der Waals surface area contributed by atoms with Gasteiger partial charge in [-0.05, 0) is 29.2 Å². The number of rotatable bonds is 3. The number of aromatic nitrogens is 2. The second-order valence-corrected chi connectivity index (χ2v) is 6.36. The monoisotopic (exact) mass is 350 g/mol. The van der Waals surface area contributed by atoms with Crippen LogP contribution in [0.2, 0.25) is 0 Å². The van der Waals surface area contributed by atoms with Crippen molar-refractivity contribution in [2.24, 2.45) is 0 Å². The lowest BCUT2D eigenvalue weighted by molar-refractivity contribution is -0.115. The Balaban J connectivity index is 1.88. The summed E-state index contributed by atoms with van der Waals surface area (Å²) in [6, 6.07) is 5.88. The predicted octanol–water partition coefficient (Wildman–Crippen LogP) is 3.45. The Morgan fingerprint density at radius 1 is 1.36 bits per heavy atom. The van der Waals surface area contributed by atoms with Gasteiger partial charge in [-0.15, -0.1) is 11.3 Å². The highest BCUT2D eigenvalue weighted by atomic mass is 32.1. The molecule has 25 heavy (non-hydrogen) atoms. The number of nitrogens with zero attached hydrogens (tertiary/aromatic N) is 2. The number of pyridine rings is 1. The molecule has 0 bridgehead atoms. The summed E-state index contributed by atoms with van der Waals surface area (Å²) in [5.41, 5.74) is 9.76. The quantitative estimate of drug-likeness (QED) is 0.552. The first-order valence-corrected chi connectivity index (χ1v) is 8.45. The molecular formula is C18H14N4O2S. The molecule has 0 saturated carbocycles. The molecule has 0 spiro atoms. The third-order valence-electron chi connectivity index (χ3n) is 3.98. The fraction of sp³-hybridized carbons (Fsp3) is 0.0556. The van der Waals surface area contributed by atoms with Crippen LogP contribution in [0.1, 0.15) is 5.56 Å². The van der Waals surface area contributed by atoms with Crippen LogP contribution in [0.15, 0.2) is 46.6 Å². The van der Waals surface area contributed by atoms with E-state index in [2.05, 4.69) is 20.8 Å². The van der Waals surface area contributed by atoms with Gasteiger partial charge >= 0.3 is 0 Å². The zero-order valence-corrected chi connectivity index (χ0v) is 14.1. The molecule has 0 aliphatic heterocycles. The second-order valence-electron chi connectivity index (χ2n) is 5.48. The first-order chi connectivity index (χ1) is 12.2. The normalized spacial score (nSPS) is 11.6. The summed E-state index contributed by atoms with van der Waals surface area (Å²) >= 11 is 1.57. The van der Waals surface area contributed by atoms with Gasteiger partial charge in [0.25, 0.3) is 0 Å². The molecule has 1 aromatic carbocycles. The van der Waals surface area contributed by atoms with Crippen molar-refractivity contribution in [3.05, 3.63) is 47.6 Å². The molecule has 0 radical (unpaired) electrons. The lowest BCUT2D eigenvalue weighted by Gasteiger charge is -2.04. The molecule has 6 nitrogen and oxygen atoms in total. The van der Waals surface area contributed by atoms with E-state index in [4.69, 9.17) is 10.3 Å². The van der Waals surface area contributed by atoms with Crippen LogP contribution < -0.4 is 11.1 Å². The lowest BCUT2D eigenvalue weighted by Crippen LogP contribution is -2.13. The third-order valence-corrected chi connectivity index (χ3v) is 5.01. The van der Waals surface area contributed by atoms with Crippen LogP contribution in [0.25, 0.3) is 38.3 Å². The summed E-state index contributed by atoms with van der Waals surface area (Å²) in [7, 11) is 1.59. The van der Waals surface area contributed by atoms with Crippen molar-refractivity contribution in [1.82, 2.24) is 15.5 Å². The van der Waals surface area contributed by atoms with E-state index in [0.717, 1.165) is 37.7 Å². The number of anilines is 1. The molecule has 4 aromatic rings. The van der Waals surface area contributed by atoms with Gasteiger partial charge in [-0.3, -0.25) is 4.79 Å². The number of carbonyl (C=O) groups excluding carboxylic acids is 1. The zero-order valence-electron chi connectivity index (χ0n) is 13.3. The van der Waals surface area contributed by atoms with Crippen LogP contribution in [-0.2, 0) is 4.79 Å². The molecule has 3 aromatic heterocycles. The highest BCUT2D eigenvalue weighted by Crippen LogP contribution is 2.39. The molecule has 0 atom stereocenters. The van der Waals surface area contributed by atoms with Crippen LogP contribution in [-0.4, -0.2) is 23.1 Å². The fourth-order valence-electron chi connectivity index (χ4n) is 2.71. The van der Waals surface area contributed by atoms with E-state index in [1.165, 1.54) is 6.08 Å². The van der Waals surface area contributed by atoms with Gasteiger partial charge in [0.1, 0.15) is 5.82 Å². The van der Waals surface area contributed by atoms with Gasteiger partial charge in [-0.2, -0.15) is 0 Å². The van der Waals surface area contributed by atoms with Crippen molar-refractivity contribution < 1.29 is 9.32 Å². The van der Waals surface area contributed by atoms with Gasteiger partial charge in [-0.1, -0.05) is 11.2 Å². The zero-order chi connectivity index (χ0) is 17.4. The third kappa shape index (κ3) is 2.64. The average molecular weight is 350 g/mol. The highest BCUT2D eigenvalue weighted by Gasteiger charge is 2.14. The van der Waals surface area contributed by atoms with Gasteiger partial charge in [0.15, 0.2) is 5.58 Å². The van der Waals surface area contributed by atoms with E-state index < -0.39 is 0 Å². The van der Waals surface area contributed by atoms with Crippen molar-refractivity contribution in [2.45, 2.75) is 0 Å². The van der Waals surface area contributed by atoms with Gasteiger partial charge in [0, 0.05) is 45.9 Å². The number of hydrogen-bond donors (Lipinski definition) is 2. The van der Waals surface area contributed by atoms with Crippen molar-refractivity contribution in [2.75, 3.05) is 12.8 Å². The molecule has 4 rings (SSSR count). The van der Waals surface area contributed by atoms with Gasteiger partial charge in [0.2, 0.25) is 5.91 Å². The SMILES string of the molecule is CNC(=O)C=Cc1cnc(N)c2c(-c3ccc4oncc4c3)csc12. The first-order valence-electron chi connectivity index (χ1n) is 7.57. The van der Waals surface area contributed by atoms with Crippen LogP contribution in [0.4, 0.5) is 5.82 Å². The summed E-state index contributed by atoms with van der Waals surface area (Å²) in [6.45, 7) is 0. The molecule has 7 heteroatoms. The van der Waals surface area contributed by atoms with Crippen molar-refractivity contribution in [3.63, 3.8) is 0 Å². The molecule has 1 amide bonds. The van der Waals surface area contributed by atoms with Gasteiger partial charge < -0.3 is 15.6 Å². The molecule has 0 unspecified atom stereocenters. The summed E-state index contributed by atoms with van der Waals surface area (Å²) in [6.07, 6.45) is 6.60. The Hall–Kier alpha value is -3.19. The maximum Gasteiger partial charge on any atom is 0.243 e. The van der Waals surface area contributed by atoms with E-state index in [0.29, 0.717) is 5.82 Å². The topological polar surface area (TPSA) is 94.0 Å². The molecular weight excluding hydrogens is 336 g/mol. The summed E-state index contributed by atoms with van der Waals surface area (Å²) in [5, 5.41) is 10.2. The van der Waals surface area contributed by atoms with E-state index in [1.807, 2.05) is 18.2 Å². The van der Waals surface area contributed by atoms with E-state index >= 15 is 0 Å². The minimum absolute atomic E-state index is 0.167. The van der Waals surface area contributed by atoms with Gasteiger partial charge in [0.05, 0.1) is 6.20 Å².